The Balaban J connectivity index is 1.94. The molecule has 5 aromatic rings. The normalized spacial score (nSPS) is 11.5. The predicted octanol–water partition coefficient (Wildman–Crippen LogP) is 4.86. The minimum Gasteiger partial charge on any atom is -0.467 e. The maximum atomic E-state index is 13.6. The summed E-state index contributed by atoms with van der Waals surface area (Å²) in [6, 6.07) is 15.6. The first-order chi connectivity index (χ1) is 15.0. The van der Waals surface area contributed by atoms with Crippen molar-refractivity contribution in [2.24, 2.45) is 7.05 Å². The molecule has 8 heteroatoms. The van der Waals surface area contributed by atoms with Crippen LogP contribution in [0.5, 0.6) is 0 Å². The van der Waals surface area contributed by atoms with Crippen LogP contribution in [0.1, 0.15) is 5.76 Å². The standard InChI is InChI=1S/C23H15Cl2N3O3/c1-27-18-7-3-2-6-16(18)20(29)19-22(27)26-21(15-9-8-13(24)11-17(15)25)28(23(19)30)12-14-5-4-10-31-14/h2-11H,12H2,1H3. The number of hydrogen-bond acceptors (Lipinski definition) is 4. The highest BCUT2D eigenvalue weighted by Crippen LogP contribution is 2.30. The van der Waals surface area contributed by atoms with Crippen LogP contribution < -0.4 is 11.0 Å². The number of aryl methyl sites for hydroxylation is 1. The number of halogens is 2. The van der Waals surface area contributed by atoms with Crippen LogP contribution >= 0.6 is 23.2 Å². The van der Waals surface area contributed by atoms with E-state index >= 15 is 0 Å². The lowest BCUT2D eigenvalue weighted by atomic mass is 10.1. The number of benzene rings is 2. The Kier molecular flexibility index (Phi) is 4.68. The third-order valence-corrected chi connectivity index (χ3v) is 5.82. The number of fused-ring (bicyclic) bond motifs is 2. The minimum absolute atomic E-state index is 0.0154. The van der Waals surface area contributed by atoms with Crippen LogP contribution in [0.3, 0.4) is 0 Å². The van der Waals surface area contributed by atoms with E-state index in [1.165, 1.54) is 10.8 Å². The molecule has 6 nitrogen and oxygen atoms in total. The van der Waals surface area contributed by atoms with Gasteiger partial charge in [0.25, 0.3) is 5.56 Å². The SMILES string of the molecule is Cn1c2ccccc2c(=O)c2c(=O)n(Cc3ccco3)c(-c3ccc(Cl)cc3Cl)nc21. The van der Waals surface area contributed by atoms with Crippen LogP contribution in [0.15, 0.2) is 74.9 Å². The third kappa shape index (κ3) is 3.15. The summed E-state index contributed by atoms with van der Waals surface area (Å²) in [5, 5.41) is 1.28. The number of furan rings is 1. The molecule has 0 saturated heterocycles. The van der Waals surface area contributed by atoms with Gasteiger partial charge in [-0.3, -0.25) is 14.2 Å². The molecule has 0 unspecified atom stereocenters. The zero-order valence-corrected chi connectivity index (χ0v) is 17.8. The van der Waals surface area contributed by atoms with E-state index in [1.807, 2.05) is 12.1 Å². The number of nitrogens with zero attached hydrogens (tertiary/aromatic N) is 3. The van der Waals surface area contributed by atoms with Crippen LogP contribution in [-0.2, 0) is 13.6 Å². The van der Waals surface area contributed by atoms with Crippen molar-refractivity contribution in [2.45, 2.75) is 6.54 Å². The van der Waals surface area contributed by atoms with Crippen molar-refractivity contribution in [3.63, 3.8) is 0 Å². The predicted molar refractivity (Wildman–Crippen MR) is 122 cm³/mol. The number of aromatic nitrogens is 3. The van der Waals surface area contributed by atoms with Crippen molar-refractivity contribution in [3.8, 4) is 11.4 Å². The van der Waals surface area contributed by atoms with E-state index in [2.05, 4.69) is 0 Å². The summed E-state index contributed by atoms with van der Waals surface area (Å²) in [5.74, 6) is 0.869. The summed E-state index contributed by atoms with van der Waals surface area (Å²) in [6.45, 7) is 0.0963. The Bertz CT molecular complexity index is 1580. The fraction of sp³-hybridized carbons (Fsp3) is 0.0870. The Hall–Kier alpha value is -3.35. The molecule has 0 saturated carbocycles. The van der Waals surface area contributed by atoms with E-state index in [9.17, 15) is 9.59 Å². The minimum atomic E-state index is -0.464. The van der Waals surface area contributed by atoms with E-state index in [-0.39, 0.29) is 23.0 Å². The van der Waals surface area contributed by atoms with Crippen molar-refractivity contribution in [3.05, 3.63) is 97.2 Å². The van der Waals surface area contributed by atoms with Gasteiger partial charge in [0.05, 0.1) is 23.3 Å². The fourth-order valence-electron chi connectivity index (χ4n) is 3.77. The topological polar surface area (TPSA) is 70.0 Å². The van der Waals surface area contributed by atoms with Crippen LogP contribution in [0.2, 0.25) is 10.0 Å². The Labute approximate surface area is 185 Å². The number of rotatable bonds is 3. The maximum absolute atomic E-state index is 13.6. The molecule has 0 radical (unpaired) electrons. The zero-order chi connectivity index (χ0) is 21.7. The van der Waals surface area contributed by atoms with Gasteiger partial charge in [0.2, 0.25) is 5.43 Å². The molecule has 0 bridgehead atoms. The van der Waals surface area contributed by atoms with Gasteiger partial charge in [0.15, 0.2) is 5.65 Å². The number of hydrogen-bond donors (Lipinski definition) is 0. The molecule has 0 aliphatic heterocycles. The first kappa shape index (κ1) is 19.6. The van der Waals surface area contributed by atoms with Gasteiger partial charge < -0.3 is 8.98 Å². The van der Waals surface area contributed by atoms with E-state index in [1.54, 1.807) is 54.1 Å². The Morgan fingerprint density at radius 1 is 1.03 bits per heavy atom. The second-order valence-corrected chi connectivity index (χ2v) is 7.98. The molecule has 0 aliphatic rings. The van der Waals surface area contributed by atoms with Crippen LogP contribution in [0.4, 0.5) is 0 Å². The summed E-state index contributed by atoms with van der Waals surface area (Å²) in [5.41, 5.74) is 0.670. The van der Waals surface area contributed by atoms with Crippen LogP contribution in [0.25, 0.3) is 33.3 Å². The van der Waals surface area contributed by atoms with Crippen molar-refractivity contribution >= 4 is 45.1 Å². The van der Waals surface area contributed by atoms with E-state index in [0.29, 0.717) is 38.1 Å². The second kappa shape index (κ2) is 7.41. The third-order valence-electron chi connectivity index (χ3n) is 5.27. The highest BCUT2D eigenvalue weighted by molar-refractivity contribution is 6.36. The molecular formula is C23H15Cl2N3O3. The molecule has 31 heavy (non-hydrogen) atoms. The van der Waals surface area contributed by atoms with E-state index < -0.39 is 5.56 Å². The second-order valence-electron chi connectivity index (χ2n) is 7.13. The molecule has 0 aliphatic carbocycles. The van der Waals surface area contributed by atoms with Gasteiger partial charge in [-0.15, -0.1) is 0 Å². The van der Waals surface area contributed by atoms with E-state index in [4.69, 9.17) is 32.6 Å². The van der Waals surface area contributed by atoms with Gasteiger partial charge in [-0.1, -0.05) is 35.3 Å². The summed E-state index contributed by atoms with van der Waals surface area (Å²) in [7, 11) is 1.78. The molecule has 0 fully saturated rings. The van der Waals surface area contributed by atoms with E-state index in [0.717, 1.165) is 0 Å². The first-order valence-corrected chi connectivity index (χ1v) is 10.2. The van der Waals surface area contributed by atoms with Gasteiger partial charge in [-0.2, -0.15) is 0 Å². The lowest BCUT2D eigenvalue weighted by molar-refractivity contribution is 0.490. The van der Waals surface area contributed by atoms with Crippen molar-refractivity contribution in [1.29, 1.82) is 0 Å². The lowest BCUT2D eigenvalue weighted by Gasteiger charge is -2.16. The molecule has 5 rings (SSSR count). The molecule has 2 aromatic carbocycles. The highest BCUT2D eigenvalue weighted by atomic mass is 35.5. The molecule has 0 atom stereocenters. The summed E-state index contributed by atoms with van der Waals surface area (Å²) in [6.07, 6.45) is 1.52. The molecule has 154 valence electrons. The van der Waals surface area contributed by atoms with Crippen LogP contribution in [0, 0.1) is 0 Å². The molecule has 3 aromatic heterocycles. The number of pyridine rings is 1. The largest absolute Gasteiger partial charge is 0.467 e. The smallest absolute Gasteiger partial charge is 0.267 e. The summed E-state index contributed by atoms with van der Waals surface area (Å²) >= 11 is 12.5. The van der Waals surface area contributed by atoms with Crippen molar-refractivity contribution in [1.82, 2.24) is 14.1 Å². The van der Waals surface area contributed by atoms with Crippen molar-refractivity contribution in [2.75, 3.05) is 0 Å². The van der Waals surface area contributed by atoms with Gasteiger partial charge >= 0.3 is 0 Å². The molecule has 0 amide bonds. The fourth-order valence-corrected chi connectivity index (χ4v) is 4.27. The molecule has 3 heterocycles. The van der Waals surface area contributed by atoms with Gasteiger partial charge in [-0.05, 0) is 42.5 Å². The maximum Gasteiger partial charge on any atom is 0.267 e. The highest BCUT2D eigenvalue weighted by Gasteiger charge is 2.21. The lowest BCUT2D eigenvalue weighted by Crippen LogP contribution is -2.29. The van der Waals surface area contributed by atoms with Gasteiger partial charge in [0, 0.05) is 23.0 Å². The van der Waals surface area contributed by atoms with Gasteiger partial charge in [-0.25, -0.2) is 4.98 Å². The molecular weight excluding hydrogens is 437 g/mol. The van der Waals surface area contributed by atoms with Crippen LogP contribution in [-0.4, -0.2) is 14.1 Å². The zero-order valence-electron chi connectivity index (χ0n) is 16.3. The molecule has 0 N–H and O–H groups in total. The quantitative estimate of drug-likeness (QED) is 0.367. The summed E-state index contributed by atoms with van der Waals surface area (Å²) in [4.78, 5) is 31.6. The van der Waals surface area contributed by atoms with Gasteiger partial charge in [0.1, 0.15) is 17.0 Å². The average molecular weight is 452 g/mol. The summed E-state index contributed by atoms with van der Waals surface area (Å²) < 4.78 is 8.60. The molecule has 0 spiro atoms. The van der Waals surface area contributed by atoms with Crippen molar-refractivity contribution < 1.29 is 4.42 Å². The Morgan fingerprint density at radius 2 is 1.84 bits per heavy atom. The average Bonchev–Trinajstić information content (AvgIpc) is 3.27. The monoisotopic (exact) mass is 451 g/mol. The first-order valence-electron chi connectivity index (χ1n) is 9.46. The Morgan fingerprint density at radius 3 is 2.58 bits per heavy atom. The number of para-hydroxylation sites is 1.